The van der Waals surface area contributed by atoms with Gasteiger partial charge in [-0.1, -0.05) is 98.6 Å². The van der Waals surface area contributed by atoms with Crippen LogP contribution in [0, 0.1) is 11.8 Å². The van der Waals surface area contributed by atoms with Crippen LogP contribution in [0.25, 0.3) is 0 Å². The Morgan fingerprint density at radius 1 is 0.707 bits per heavy atom. The second-order valence-corrected chi connectivity index (χ2v) is 9.68. The molecule has 3 aliphatic carbocycles. The summed E-state index contributed by atoms with van der Waals surface area (Å²) in [5.41, 5.74) is 0. The minimum Gasteiger partial charge on any atom is -0.350 e. The van der Waals surface area contributed by atoms with Gasteiger partial charge in [-0.15, -0.1) is 0 Å². The average molecular weight is 577 g/mol. The topological polar surface area (TPSA) is 90.5 Å². The van der Waals surface area contributed by atoms with E-state index in [4.69, 9.17) is 0 Å². The summed E-state index contributed by atoms with van der Waals surface area (Å²) in [7, 11) is 3.97. The lowest BCUT2D eigenvalue weighted by molar-refractivity contribution is -0.118. The fourth-order valence-electron chi connectivity index (χ4n) is 4.43. The van der Waals surface area contributed by atoms with Crippen LogP contribution in [0.2, 0.25) is 0 Å². The zero-order valence-corrected chi connectivity index (χ0v) is 28.0. The molecule has 0 bridgehead atoms. The number of likely N-dealkylation sites (N-methyl/N-ethyl adjacent to an activating group) is 1. The fourth-order valence-corrected chi connectivity index (χ4v) is 4.43. The predicted molar refractivity (Wildman–Crippen MR) is 177 cm³/mol. The van der Waals surface area contributed by atoms with Crippen LogP contribution in [0.5, 0.6) is 0 Å². The van der Waals surface area contributed by atoms with Gasteiger partial charge in [0.15, 0.2) is 0 Å². The third kappa shape index (κ3) is 27.4. The largest absolute Gasteiger partial charge is 0.350 e. The molecule has 3 fully saturated rings. The van der Waals surface area contributed by atoms with Gasteiger partial charge in [0, 0.05) is 30.7 Å². The third-order valence-corrected chi connectivity index (χ3v) is 6.26. The van der Waals surface area contributed by atoms with E-state index in [0.717, 1.165) is 45.1 Å². The molecule has 0 aromatic carbocycles. The quantitative estimate of drug-likeness (QED) is 0.237. The summed E-state index contributed by atoms with van der Waals surface area (Å²) in [5.74, 6) is 4.95. The van der Waals surface area contributed by atoms with Crippen molar-refractivity contribution >= 4 is 17.7 Å². The van der Waals surface area contributed by atoms with Crippen molar-refractivity contribution < 1.29 is 14.4 Å². The zero-order chi connectivity index (χ0) is 31.9. The Kier molecular flexibility index (Phi) is 33.4. The van der Waals surface area contributed by atoms with Gasteiger partial charge in [-0.2, -0.15) is 0 Å². The highest BCUT2D eigenvalue weighted by Gasteiger charge is 2.16. The Labute approximate surface area is 253 Å². The highest BCUT2D eigenvalue weighted by molar-refractivity contribution is 5.93. The smallest absolute Gasteiger partial charge is 0.296 e. The summed E-state index contributed by atoms with van der Waals surface area (Å²) in [6.07, 6.45) is 19.2. The second-order valence-electron chi connectivity index (χ2n) is 9.68. The molecule has 3 saturated carbocycles. The number of carbonyl (C=O) groups excluding carboxylic acids is 3. The van der Waals surface area contributed by atoms with E-state index in [0.29, 0.717) is 18.1 Å². The lowest BCUT2D eigenvalue weighted by Gasteiger charge is -2.09. The molecule has 0 aromatic rings. The van der Waals surface area contributed by atoms with Gasteiger partial charge in [-0.05, 0) is 71.5 Å². The highest BCUT2D eigenvalue weighted by atomic mass is 16.2. The Bertz CT molecular complexity index is 735. The van der Waals surface area contributed by atoms with E-state index in [-0.39, 0.29) is 17.7 Å². The first-order valence-corrected chi connectivity index (χ1v) is 16.1. The summed E-state index contributed by atoms with van der Waals surface area (Å²) < 4.78 is 0. The van der Waals surface area contributed by atoms with Crippen LogP contribution < -0.4 is 16.0 Å². The minimum atomic E-state index is -0.126. The number of nitrogens with one attached hydrogen (secondary N) is 3. The van der Waals surface area contributed by atoms with Gasteiger partial charge in [0.2, 0.25) is 11.8 Å². The molecule has 7 heteroatoms. The molecular formula is C34H64N4O3. The van der Waals surface area contributed by atoms with Gasteiger partial charge in [0.25, 0.3) is 5.91 Å². The van der Waals surface area contributed by atoms with Gasteiger partial charge in [-0.3, -0.25) is 14.4 Å². The van der Waals surface area contributed by atoms with Crippen molar-refractivity contribution in [3.8, 4) is 11.8 Å². The summed E-state index contributed by atoms with van der Waals surface area (Å²) in [5, 5.41) is 8.75. The fraction of sp³-hybridized carbons (Fsp3) is 0.735. The van der Waals surface area contributed by atoms with Crippen molar-refractivity contribution in [1.29, 1.82) is 0 Å². The van der Waals surface area contributed by atoms with Gasteiger partial charge in [0.1, 0.15) is 0 Å². The molecule has 0 aliphatic heterocycles. The molecule has 3 rings (SSSR count). The normalized spacial score (nSPS) is 15.9. The van der Waals surface area contributed by atoms with Crippen molar-refractivity contribution in [1.82, 2.24) is 20.9 Å². The first-order chi connectivity index (χ1) is 19.8. The molecular weight excluding hydrogens is 512 g/mol. The van der Waals surface area contributed by atoms with Crippen molar-refractivity contribution in [2.24, 2.45) is 0 Å². The Balaban J connectivity index is -0.000000488. The van der Waals surface area contributed by atoms with Gasteiger partial charge < -0.3 is 20.9 Å². The number of amides is 3. The van der Waals surface area contributed by atoms with Crippen LogP contribution in [0.1, 0.15) is 126 Å². The maximum atomic E-state index is 11.4. The molecule has 0 unspecified atom stereocenters. The van der Waals surface area contributed by atoms with Crippen LogP contribution in [0.3, 0.4) is 0 Å². The first kappa shape index (κ1) is 42.9. The summed E-state index contributed by atoms with van der Waals surface area (Å²) in [4.78, 5) is 35.0. The number of nitrogens with zero attached hydrogens (tertiary/aromatic N) is 1. The van der Waals surface area contributed by atoms with Crippen LogP contribution in [-0.4, -0.2) is 61.4 Å². The number of carbonyl (C=O) groups is 3. The van der Waals surface area contributed by atoms with Crippen LogP contribution in [-0.2, 0) is 14.4 Å². The Morgan fingerprint density at radius 2 is 1.07 bits per heavy atom. The maximum Gasteiger partial charge on any atom is 0.296 e. The molecule has 41 heavy (non-hydrogen) atoms. The molecule has 0 heterocycles. The molecule has 3 N–H and O–H groups in total. The summed E-state index contributed by atoms with van der Waals surface area (Å²) >= 11 is 0. The molecule has 0 aromatic heterocycles. The van der Waals surface area contributed by atoms with Crippen molar-refractivity contribution in [2.75, 3.05) is 20.6 Å². The van der Waals surface area contributed by atoms with E-state index in [2.05, 4.69) is 34.4 Å². The number of rotatable bonds is 7. The maximum absolute atomic E-state index is 11.4. The van der Waals surface area contributed by atoms with Crippen molar-refractivity contribution in [3.05, 3.63) is 24.8 Å². The van der Waals surface area contributed by atoms with E-state index < -0.39 is 0 Å². The number of hydrogen-bond acceptors (Lipinski definition) is 4. The van der Waals surface area contributed by atoms with E-state index in [1.807, 2.05) is 66.6 Å². The van der Waals surface area contributed by atoms with Crippen molar-refractivity contribution in [2.45, 2.75) is 144 Å². The molecule has 238 valence electrons. The van der Waals surface area contributed by atoms with E-state index in [1.165, 1.54) is 44.6 Å². The SMILES string of the molecule is C=CC(=O)NC1CCCC1.CC.CC.CC.CC#CC(=O)NC1CCCC1.CN(C)C/C=C/C(=O)NC1CCCC1. The first-order valence-electron chi connectivity index (χ1n) is 16.1. The molecule has 0 atom stereocenters. The van der Waals surface area contributed by atoms with Crippen LogP contribution in [0.4, 0.5) is 0 Å². The average Bonchev–Trinajstić information content (AvgIpc) is 3.78. The number of hydrogen-bond donors (Lipinski definition) is 3. The van der Waals surface area contributed by atoms with E-state index in [1.54, 1.807) is 13.0 Å². The standard InChI is InChI=1S/C11H20N2O.C9H13NO.C8H13NO.3C2H6/c1-13(2)9-5-8-11(14)12-10-6-3-4-7-10;1-2-5-9(11)10-8-6-3-4-7-8;1-2-8(10)9-7-5-3-4-6-7;3*1-2/h5,8,10H,3-4,6-7,9H2,1-2H3,(H,12,14);8H,3-4,6-7H2,1H3,(H,10,11);2,7H,1,3-6H2,(H,9,10);3*1-2H3/b8-5+;;;;;. The van der Waals surface area contributed by atoms with E-state index >= 15 is 0 Å². The lowest BCUT2D eigenvalue weighted by Crippen LogP contribution is -2.31. The van der Waals surface area contributed by atoms with Gasteiger partial charge in [-0.25, -0.2) is 0 Å². The van der Waals surface area contributed by atoms with Gasteiger partial charge in [0.05, 0.1) is 0 Å². The monoisotopic (exact) mass is 576 g/mol. The molecule has 3 aliphatic rings. The minimum absolute atomic E-state index is 0.0353. The van der Waals surface area contributed by atoms with Crippen LogP contribution in [0.15, 0.2) is 24.8 Å². The molecule has 0 saturated heterocycles. The van der Waals surface area contributed by atoms with Crippen LogP contribution >= 0.6 is 0 Å². The molecule has 7 nitrogen and oxygen atoms in total. The molecule has 0 spiro atoms. The summed E-state index contributed by atoms with van der Waals surface area (Å²) in [6.45, 7) is 17.9. The Hall–Kier alpha value is -2.59. The highest BCUT2D eigenvalue weighted by Crippen LogP contribution is 2.18. The third-order valence-electron chi connectivity index (χ3n) is 6.26. The lowest BCUT2D eigenvalue weighted by atomic mass is 10.2. The van der Waals surface area contributed by atoms with E-state index in [9.17, 15) is 14.4 Å². The molecule has 0 radical (unpaired) electrons. The zero-order valence-electron chi connectivity index (χ0n) is 28.0. The Morgan fingerprint density at radius 3 is 1.41 bits per heavy atom. The van der Waals surface area contributed by atoms with Crippen molar-refractivity contribution in [3.63, 3.8) is 0 Å². The predicted octanol–water partition coefficient (Wildman–Crippen LogP) is 6.54. The van der Waals surface area contributed by atoms with Gasteiger partial charge >= 0.3 is 0 Å². The second kappa shape index (κ2) is 31.9. The summed E-state index contributed by atoms with van der Waals surface area (Å²) in [6, 6.07) is 1.24. The molecule has 3 amide bonds.